The molecule has 0 atom stereocenters. The van der Waals surface area contributed by atoms with Gasteiger partial charge in [0.05, 0.1) is 0 Å². The lowest BCUT2D eigenvalue weighted by Gasteiger charge is -2.12. The second-order valence-electron chi connectivity index (χ2n) is 5.03. The van der Waals surface area contributed by atoms with Crippen LogP contribution in [0.1, 0.15) is 28.9 Å². The number of fused-ring (bicyclic) bond motifs is 1. The Hall–Kier alpha value is -1.76. The molecule has 92 valence electrons. The van der Waals surface area contributed by atoms with Gasteiger partial charge in [-0.25, -0.2) is 0 Å². The fourth-order valence-electron chi connectivity index (χ4n) is 2.95. The molecule has 0 aliphatic heterocycles. The van der Waals surface area contributed by atoms with Crippen LogP contribution >= 0.6 is 0 Å². The summed E-state index contributed by atoms with van der Waals surface area (Å²) in [7, 11) is 0. The highest BCUT2D eigenvalue weighted by atomic mass is 15.0. The molecule has 0 N–H and O–H groups in total. The molecule has 0 saturated heterocycles. The van der Waals surface area contributed by atoms with Gasteiger partial charge >= 0.3 is 0 Å². The van der Waals surface area contributed by atoms with Gasteiger partial charge in [-0.1, -0.05) is 36.4 Å². The first-order valence-corrected chi connectivity index (χ1v) is 6.73. The van der Waals surface area contributed by atoms with Gasteiger partial charge in [-0.05, 0) is 36.5 Å². The zero-order chi connectivity index (χ0) is 12.4. The third kappa shape index (κ3) is 2.01. The largest absolute Gasteiger partial charge is 0.344 e. The van der Waals surface area contributed by atoms with Gasteiger partial charge in [-0.3, -0.25) is 0 Å². The Labute approximate surface area is 109 Å². The lowest BCUT2D eigenvalue weighted by Crippen LogP contribution is -2.07. The summed E-state index contributed by atoms with van der Waals surface area (Å²) in [5.74, 6) is 0. The predicted octanol–water partition coefficient (Wildman–Crippen LogP) is 3.75. The van der Waals surface area contributed by atoms with Crippen LogP contribution in [0.25, 0.3) is 0 Å². The molecule has 1 aromatic heterocycles. The molecular formula is C17H19N. The van der Waals surface area contributed by atoms with E-state index in [1.807, 2.05) is 6.08 Å². The number of benzene rings is 1. The zero-order valence-electron chi connectivity index (χ0n) is 10.7. The Kier molecular flexibility index (Phi) is 3.06. The maximum absolute atomic E-state index is 3.87. The molecule has 1 nitrogen and oxygen atoms in total. The molecule has 3 rings (SSSR count). The average Bonchev–Trinajstić information content (AvgIpc) is 2.95. The lowest BCUT2D eigenvalue weighted by molar-refractivity contribution is 0.709. The summed E-state index contributed by atoms with van der Waals surface area (Å²) in [5.41, 5.74) is 5.91. The van der Waals surface area contributed by atoms with Gasteiger partial charge in [0.15, 0.2) is 0 Å². The summed E-state index contributed by atoms with van der Waals surface area (Å²) in [6, 6.07) is 13.1. The van der Waals surface area contributed by atoms with Crippen molar-refractivity contribution < 1.29 is 0 Å². The van der Waals surface area contributed by atoms with Crippen LogP contribution in [0.3, 0.4) is 0 Å². The van der Waals surface area contributed by atoms with Crippen molar-refractivity contribution in [1.29, 1.82) is 0 Å². The topological polar surface area (TPSA) is 4.93 Å². The van der Waals surface area contributed by atoms with E-state index in [-0.39, 0.29) is 0 Å². The Morgan fingerprint density at radius 1 is 1.17 bits per heavy atom. The molecule has 0 saturated carbocycles. The van der Waals surface area contributed by atoms with E-state index in [9.17, 15) is 0 Å². The standard InChI is InChI=1S/C17H19N/c1-2-7-16-12-15-10-6-11-17(15)18(16)13-14-8-4-3-5-9-14/h2-5,8-9,12H,1,6-7,10-11,13H2. The van der Waals surface area contributed by atoms with Gasteiger partial charge in [-0.2, -0.15) is 0 Å². The lowest BCUT2D eigenvalue weighted by atomic mass is 10.2. The fourth-order valence-corrected chi connectivity index (χ4v) is 2.95. The average molecular weight is 237 g/mol. The Bertz CT molecular complexity index is 548. The monoisotopic (exact) mass is 237 g/mol. The molecule has 0 spiro atoms. The van der Waals surface area contributed by atoms with E-state index >= 15 is 0 Å². The highest BCUT2D eigenvalue weighted by molar-refractivity contribution is 5.34. The quantitative estimate of drug-likeness (QED) is 0.714. The summed E-state index contributed by atoms with van der Waals surface area (Å²) in [4.78, 5) is 0. The third-order valence-corrected chi connectivity index (χ3v) is 3.78. The van der Waals surface area contributed by atoms with Crippen molar-refractivity contribution >= 4 is 0 Å². The van der Waals surface area contributed by atoms with Crippen LogP contribution in [0.4, 0.5) is 0 Å². The van der Waals surface area contributed by atoms with Gasteiger partial charge in [0, 0.05) is 24.4 Å². The number of aryl methyl sites for hydroxylation is 1. The molecule has 1 aliphatic carbocycles. The van der Waals surface area contributed by atoms with Crippen LogP contribution in [0.5, 0.6) is 0 Å². The van der Waals surface area contributed by atoms with Crippen LogP contribution in [-0.2, 0) is 25.8 Å². The van der Waals surface area contributed by atoms with E-state index in [1.165, 1.54) is 30.5 Å². The van der Waals surface area contributed by atoms with Crippen LogP contribution in [0.2, 0.25) is 0 Å². The molecule has 0 radical (unpaired) electrons. The van der Waals surface area contributed by atoms with E-state index in [2.05, 4.69) is 47.5 Å². The van der Waals surface area contributed by atoms with E-state index in [4.69, 9.17) is 0 Å². The highest BCUT2D eigenvalue weighted by Crippen LogP contribution is 2.27. The summed E-state index contributed by atoms with van der Waals surface area (Å²) in [5, 5.41) is 0. The molecule has 1 aromatic carbocycles. The van der Waals surface area contributed by atoms with Crippen molar-refractivity contribution in [3.8, 4) is 0 Å². The molecule has 0 fully saturated rings. The van der Waals surface area contributed by atoms with Gasteiger partial charge in [0.25, 0.3) is 0 Å². The summed E-state index contributed by atoms with van der Waals surface area (Å²) in [6.45, 7) is 4.87. The van der Waals surface area contributed by atoms with Crippen LogP contribution in [-0.4, -0.2) is 4.57 Å². The molecule has 18 heavy (non-hydrogen) atoms. The summed E-state index contributed by atoms with van der Waals surface area (Å²) in [6.07, 6.45) is 6.78. The van der Waals surface area contributed by atoms with Gasteiger partial charge in [0.1, 0.15) is 0 Å². The molecule has 1 heteroatoms. The Balaban J connectivity index is 1.97. The van der Waals surface area contributed by atoms with Crippen molar-refractivity contribution in [1.82, 2.24) is 4.57 Å². The van der Waals surface area contributed by atoms with Crippen LogP contribution in [0.15, 0.2) is 49.1 Å². The fraction of sp³-hybridized carbons (Fsp3) is 0.294. The van der Waals surface area contributed by atoms with Crippen molar-refractivity contribution in [2.75, 3.05) is 0 Å². The molecule has 0 unspecified atom stereocenters. The van der Waals surface area contributed by atoms with Crippen LogP contribution in [0, 0.1) is 0 Å². The first-order valence-electron chi connectivity index (χ1n) is 6.73. The predicted molar refractivity (Wildman–Crippen MR) is 75.9 cm³/mol. The second kappa shape index (κ2) is 4.85. The maximum Gasteiger partial charge on any atom is 0.0475 e. The summed E-state index contributed by atoms with van der Waals surface area (Å²) < 4.78 is 2.50. The number of nitrogens with zero attached hydrogens (tertiary/aromatic N) is 1. The molecule has 2 aromatic rings. The summed E-state index contributed by atoms with van der Waals surface area (Å²) >= 11 is 0. The molecule has 0 bridgehead atoms. The number of hydrogen-bond acceptors (Lipinski definition) is 0. The maximum atomic E-state index is 3.87. The second-order valence-corrected chi connectivity index (χ2v) is 5.03. The SMILES string of the molecule is C=CCc1cc2c(n1Cc1ccccc1)CCC2. The smallest absolute Gasteiger partial charge is 0.0475 e. The first-order chi connectivity index (χ1) is 8.88. The normalized spacial score (nSPS) is 13.6. The van der Waals surface area contributed by atoms with Gasteiger partial charge in [-0.15, -0.1) is 6.58 Å². The minimum absolute atomic E-state index is 0.972. The molecule has 1 heterocycles. The Morgan fingerprint density at radius 3 is 2.78 bits per heavy atom. The van der Waals surface area contributed by atoms with Crippen molar-refractivity contribution in [3.63, 3.8) is 0 Å². The van der Waals surface area contributed by atoms with E-state index in [0.717, 1.165) is 13.0 Å². The van der Waals surface area contributed by atoms with Crippen molar-refractivity contribution in [2.45, 2.75) is 32.2 Å². The van der Waals surface area contributed by atoms with E-state index in [0.29, 0.717) is 0 Å². The van der Waals surface area contributed by atoms with Crippen molar-refractivity contribution in [2.24, 2.45) is 0 Å². The number of hydrogen-bond donors (Lipinski definition) is 0. The number of rotatable bonds is 4. The first kappa shape index (κ1) is 11.3. The minimum Gasteiger partial charge on any atom is -0.344 e. The molecule has 1 aliphatic rings. The highest BCUT2D eigenvalue weighted by Gasteiger charge is 2.18. The van der Waals surface area contributed by atoms with E-state index < -0.39 is 0 Å². The number of allylic oxidation sites excluding steroid dienone is 1. The Morgan fingerprint density at radius 2 is 2.00 bits per heavy atom. The minimum atomic E-state index is 0.972. The van der Waals surface area contributed by atoms with Crippen LogP contribution < -0.4 is 0 Å². The van der Waals surface area contributed by atoms with E-state index in [1.54, 1.807) is 11.3 Å². The number of aromatic nitrogens is 1. The molecule has 0 amide bonds. The van der Waals surface area contributed by atoms with Crippen molar-refractivity contribution in [3.05, 3.63) is 71.6 Å². The zero-order valence-corrected chi connectivity index (χ0v) is 10.7. The third-order valence-electron chi connectivity index (χ3n) is 3.78. The molecular weight excluding hydrogens is 218 g/mol. The van der Waals surface area contributed by atoms with Gasteiger partial charge in [0.2, 0.25) is 0 Å². The van der Waals surface area contributed by atoms with Gasteiger partial charge < -0.3 is 4.57 Å².